The Balaban J connectivity index is 2.06. The molecule has 4 nitrogen and oxygen atoms in total. The molecule has 0 aromatic heterocycles. The van der Waals surface area contributed by atoms with Crippen LogP contribution in [-0.4, -0.2) is 23.7 Å². The fourth-order valence-electron chi connectivity index (χ4n) is 3.03. The van der Waals surface area contributed by atoms with Gasteiger partial charge in [-0.25, -0.2) is 0 Å². The van der Waals surface area contributed by atoms with Crippen molar-refractivity contribution >= 4 is 11.9 Å². The van der Waals surface area contributed by atoms with Crippen LogP contribution in [0.5, 0.6) is 0 Å². The average Bonchev–Trinajstić information content (AvgIpc) is 2.56. The second-order valence-electron chi connectivity index (χ2n) is 6.47. The SMILES string of the molecule is CCCCCCCCCCCOC(=O)C1C=CCCC1C(=O)O. The predicted molar refractivity (Wildman–Crippen MR) is 91.2 cm³/mol. The van der Waals surface area contributed by atoms with Crippen molar-refractivity contribution in [3.63, 3.8) is 0 Å². The van der Waals surface area contributed by atoms with Crippen LogP contribution >= 0.6 is 0 Å². The molecular formula is C19H32O4. The zero-order valence-corrected chi connectivity index (χ0v) is 14.5. The van der Waals surface area contributed by atoms with Crippen molar-refractivity contribution in [3.05, 3.63) is 12.2 Å². The maximum absolute atomic E-state index is 12.0. The van der Waals surface area contributed by atoms with Crippen molar-refractivity contribution in [3.8, 4) is 0 Å². The first-order valence-corrected chi connectivity index (χ1v) is 9.23. The third kappa shape index (κ3) is 8.19. The van der Waals surface area contributed by atoms with Gasteiger partial charge >= 0.3 is 11.9 Å². The number of rotatable bonds is 12. The molecule has 1 N–H and O–H groups in total. The quantitative estimate of drug-likeness (QED) is 0.320. The van der Waals surface area contributed by atoms with E-state index < -0.39 is 17.8 Å². The molecule has 23 heavy (non-hydrogen) atoms. The van der Waals surface area contributed by atoms with Crippen molar-refractivity contribution < 1.29 is 19.4 Å². The summed E-state index contributed by atoms with van der Waals surface area (Å²) in [7, 11) is 0. The Bertz CT molecular complexity index is 376. The van der Waals surface area contributed by atoms with Gasteiger partial charge in [0.05, 0.1) is 18.4 Å². The molecule has 0 amide bonds. The van der Waals surface area contributed by atoms with E-state index in [0.29, 0.717) is 13.0 Å². The summed E-state index contributed by atoms with van der Waals surface area (Å²) in [5, 5.41) is 9.16. The summed E-state index contributed by atoms with van der Waals surface area (Å²) in [5.41, 5.74) is 0. The molecule has 0 saturated carbocycles. The molecule has 2 unspecified atom stereocenters. The molecule has 0 fully saturated rings. The Kier molecular flexibility index (Phi) is 10.4. The third-order valence-corrected chi connectivity index (χ3v) is 4.50. The monoisotopic (exact) mass is 324 g/mol. The maximum Gasteiger partial charge on any atom is 0.313 e. The van der Waals surface area contributed by atoms with Crippen molar-refractivity contribution in [2.45, 2.75) is 77.6 Å². The number of carboxylic acid groups (broad SMARTS) is 1. The first kappa shape index (κ1) is 19.7. The normalized spacial score (nSPS) is 20.4. The molecule has 0 saturated heterocycles. The second kappa shape index (κ2) is 12.1. The van der Waals surface area contributed by atoms with Crippen molar-refractivity contribution in [2.75, 3.05) is 6.61 Å². The van der Waals surface area contributed by atoms with E-state index in [1.54, 1.807) is 6.08 Å². The van der Waals surface area contributed by atoms with Crippen LogP contribution in [0.25, 0.3) is 0 Å². The molecule has 1 aliphatic rings. The molecule has 0 aromatic carbocycles. The van der Waals surface area contributed by atoms with Gasteiger partial charge in [0.2, 0.25) is 0 Å². The molecule has 0 aliphatic heterocycles. The highest BCUT2D eigenvalue weighted by atomic mass is 16.5. The van der Waals surface area contributed by atoms with Crippen LogP contribution in [0.15, 0.2) is 12.2 Å². The standard InChI is InChI=1S/C19H32O4/c1-2-3-4-5-6-7-8-9-12-15-23-19(22)17-14-11-10-13-16(17)18(20)21/h11,14,16-17H,2-10,12-13,15H2,1H3,(H,20,21). The Morgan fingerprint density at radius 1 is 1.04 bits per heavy atom. The van der Waals surface area contributed by atoms with Gasteiger partial charge in [-0.2, -0.15) is 0 Å². The lowest BCUT2D eigenvalue weighted by Crippen LogP contribution is -2.31. The lowest BCUT2D eigenvalue weighted by atomic mass is 9.84. The van der Waals surface area contributed by atoms with Gasteiger partial charge < -0.3 is 9.84 Å². The van der Waals surface area contributed by atoms with Crippen molar-refractivity contribution in [1.82, 2.24) is 0 Å². The van der Waals surface area contributed by atoms with Crippen LogP contribution in [0.4, 0.5) is 0 Å². The Morgan fingerprint density at radius 3 is 2.26 bits per heavy atom. The van der Waals surface area contributed by atoms with E-state index in [-0.39, 0.29) is 5.97 Å². The van der Waals surface area contributed by atoms with Gasteiger partial charge in [-0.05, 0) is 19.3 Å². The van der Waals surface area contributed by atoms with E-state index in [1.165, 1.54) is 44.9 Å². The van der Waals surface area contributed by atoms with E-state index in [0.717, 1.165) is 19.3 Å². The summed E-state index contributed by atoms with van der Waals surface area (Å²) in [6, 6.07) is 0. The lowest BCUT2D eigenvalue weighted by molar-refractivity contribution is -0.156. The van der Waals surface area contributed by atoms with Crippen LogP contribution in [-0.2, 0) is 14.3 Å². The van der Waals surface area contributed by atoms with E-state index in [9.17, 15) is 9.59 Å². The Morgan fingerprint density at radius 2 is 1.65 bits per heavy atom. The lowest BCUT2D eigenvalue weighted by Gasteiger charge is -2.22. The minimum Gasteiger partial charge on any atom is -0.481 e. The van der Waals surface area contributed by atoms with Gasteiger partial charge in [0.1, 0.15) is 0 Å². The number of unbranched alkanes of at least 4 members (excludes halogenated alkanes) is 8. The Labute approximate surface area is 140 Å². The van der Waals surface area contributed by atoms with Gasteiger partial charge in [0.15, 0.2) is 0 Å². The van der Waals surface area contributed by atoms with E-state index in [1.807, 2.05) is 6.08 Å². The van der Waals surface area contributed by atoms with Crippen LogP contribution in [0.1, 0.15) is 77.6 Å². The molecule has 1 aliphatic carbocycles. The number of allylic oxidation sites excluding steroid dienone is 1. The average molecular weight is 324 g/mol. The highest BCUT2D eigenvalue weighted by Crippen LogP contribution is 2.26. The van der Waals surface area contributed by atoms with Crippen molar-refractivity contribution in [1.29, 1.82) is 0 Å². The van der Waals surface area contributed by atoms with Crippen LogP contribution in [0, 0.1) is 11.8 Å². The first-order valence-electron chi connectivity index (χ1n) is 9.23. The molecule has 0 radical (unpaired) electrons. The second-order valence-corrected chi connectivity index (χ2v) is 6.47. The number of ether oxygens (including phenoxy) is 1. The molecule has 2 atom stereocenters. The predicted octanol–water partition coefficient (Wildman–Crippen LogP) is 4.73. The summed E-state index contributed by atoms with van der Waals surface area (Å²) in [6.45, 7) is 2.63. The summed E-state index contributed by atoms with van der Waals surface area (Å²) in [6.07, 6.45) is 15.8. The minimum absolute atomic E-state index is 0.382. The molecular weight excluding hydrogens is 292 g/mol. The van der Waals surface area contributed by atoms with E-state index >= 15 is 0 Å². The number of hydrogen-bond acceptors (Lipinski definition) is 3. The van der Waals surface area contributed by atoms with Crippen LogP contribution in [0.2, 0.25) is 0 Å². The molecule has 0 bridgehead atoms. The van der Waals surface area contributed by atoms with Crippen LogP contribution < -0.4 is 0 Å². The highest BCUT2D eigenvalue weighted by Gasteiger charge is 2.34. The van der Waals surface area contributed by atoms with E-state index in [2.05, 4.69) is 6.92 Å². The van der Waals surface area contributed by atoms with Crippen molar-refractivity contribution in [2.24, 2.45) is 11.8 Å². The fourth-order valence-corrected chi connectivity index (χ4v) is 3.03. The topological polar surface area (TPSA) is 63.6 Å². The number of esters is 1. The number of aliphatic carboxylic acids is 1. The summed E-state index contributed by atoms with van der Waals surface area (Å²) in [5.74, 6) is -2.53. The van der Waals surface area contributed by atoms with Crippen LogP contribution in [0.3, 0.4) is 0 Å². The molecule has 1 rings (SSSR count). The Hall–Kier alpha value is -1.32. The fraction of sp³-hybridized carbons (Fsp3) is 0.789. The highest BCUT2D eigenvalue weighted by molar-refractivity contribution is 5.83. The molecule has 0 spiro atoms. The number of carbonyl (C=O) groups is 2. The molecule has 4 heteroatoms. The number of carbonyl (C=O) groups excluding carboxylic acids is 1. The van der Waals surface area contributed by atoms with Gasteiger partial charge in [0.25, 0.3) is 0 Å². The van der Waals surface area contributed by atoms with Gasteiger partial charge in [0, 0.05) is 0 Å². The molecule has 0 heterocycles. The van der Waals surface area contributed by atoms with Gasteiger partial charge in [-0.15, -0.1) is 0 Å². The molecule has 132 valence electrons. The summed E-state index contributed by atoms with van der Waals surface area (Å²) in [4.78, 5) is 23.2. The third-order valence-electron chi connectivity index (χ3n) is 4.50. The smallest absolute Gasteiger partial charge is 0.313 e. The minimum atomic E-state index is -0.903. The molecule has 0 aromatic rings. The maximum atomic E-state index is 12.0. The summed E-state index contributed by atoms with van der Waals surface area (Å²) < 4.78 is 5.27. The summed E-state index contributed by atoms with van der Waals surface area (Å²) >= 11 is 0. The van der Waals surface area contributed by atoms with E-state index in [4.69, 9.17) is 9.84 Å². The van der Waals surface area contributed by atoms with Gasteiger partial charge in [-0.3, -0.25) is 9.59 Å². The number of carboxylic acids is 1. The zero-order valence-electron chi connectivity index (χ0n) is 14.5. The van der Waals surface area contributed by atoms with Gasteiger partial charge in [-0.1, -0.05) is 70.4 Å². The largest absolute Gasteiger partial charge is 0.481 e. The zero-order chi connectivity index (χ0) is 16.9. The first-order chi connectivity index (χ1) is 11.2. The number of hydrogen-bond donors (Lipinski definition) is 1.